The van der Waals surface area contributed by atoms with Crippen LogP contribution in [0.1, 0.15) is 12.8 Å². The van der Waals surface area contributed by atoms with E-state index in [1.807, 2.05) is 0 Å². The first-order valence-electron chi connectivity index (χ1n) is 5.86. The summed E-state index contributed by atoms with van der Waals surface area (Å²) in [5, 5.41) is 21.4. The normalized spacial score (nSPS) is 46.3. The molecule has 2 saturated heterocycles. The van der Waals surface area contributed by atoms with Crippen LogP contribution in [-0.2, 0) is 4.74 Å². The molecular formula is C10H14F2N2O4. The Morgan fingerprint density at radius 3 is 2.61 bits per heavy atom. The maximum atomic E-state index is 14.0. The van der Waals surface area contributed by atoms with Gasteiger partial charge in [0.1, 0.15) is 5.60 Å². The Hall–Kier alpha value is -0.990. The zero-order valence-electron chi connectivity index (χ0n) is 9.47. The zero-order valence-corrected chi connectivity index (χ0v) is 9.47. The monoisotopic (exact) mass is 264 g/mol. The minimum Gasteiger partial charge on any atom is -0.390 e. The molecule has 0 radical (unpaired) electrons. The smallest absolute Gasteiger partial charge is 0.320 e. The molecule has 2 aliphatic heterocycles. The summed E-state index contributed by atoms with van der Waals surface area (Å²) < 4.78 is 33.0. The summed E-state index contributed by atoms with van der Waals surface area (Å²) in [6.45, 7) is 0.578. The second-order valence-corrected chi connectivity index (χ2v) is 5.00. The van der Waals surface area contributed by atoms with E-state index in [-0.39, 0.29) is 13.0 Å². The van der Waals surface area contributed by atoms with Gasteiger partial charge in [0.2, 0.25) is 6.23 Å². The van der Waals surface area contributed by atoms with E-state index in [0.29, 0.717) is 13.0 Å². The van der Waals surface area contributed by atoms with Gasteiger partial charge >= 0.3 is 12.0 Å². The van der Waals surface area contributed by atoms with Crippen molar-refractivity contribution in [2.24, 2.45) is 0 Å². The van der Waals surface area contributed by atoms with Crippen molar-refractivity contribution in [3.05, 3.63) is 0 Å². The summed E-state index contributed by atoms with van der Waals surface area (Å²) in [5.41, 5.74) is -1.61. The Morgan fingerprint density at radius 2 is 2.11 bits per heavy atom. The van der Waals surface area contributed by atoms with Crippen LogP contribution in [0.4, 0.5) is 13.6 Å². The van der Waals surface area contributed by atoms with E-state index in [2.05, 4.69) is 5.32 Å². The molecule has 0 aromatic carbocycles. The minimum atomic E-state index is -3.58. The first-order valence-corrected chi connectivity index (χ1v) is 5.86. The Morgan fingerprint density at radius 1 is 1.44 bits per heavy atom. The number of alkyl halides is 2. The van der Waals surface area contributed by atoms with Gasteiger partial charge in [0, 0.05) is 19.5 Å². The largest absolute Gasteiger partial charge is 0.390 e. The number of hydrogen-bond acceptors (Lipinski definition) is 4. The van der Waals surface area contributed by atoms with Crippen molar-refractivity contribution in [2.45, 2.75) is 42.8 Å². The fraction of sp³-hybridized carbons (Fsp3) is 0.900. The van der Waals surface area contributed by atoms with E-state index in [4.69, 9.17) is 4.74 Å². The van der Waals surface area contributed by atoms with Gasteiger partial charge in [0.05, 0.1) is 6.10 Å². The van der Waals surface area contributed by atoms with Gasteiger partial charge in [0.25, 0.3) is 0 Å². The molecule has 3 aliphatic rings. The summed E-state index contributed by atoms with van der Waals surface area (Å²) in [5.74, 6) is -3.58. The molecule has 3 N–H and O–H groups in total. The van der Waals surface area contributed by atoms with E-state index in [0.717, 1.165) is 4.90 Å². The third-order valence-corrected chi connectivity index (χ3v) is 3.80. The van der Waals surface area contributed by atoms with E-state index >= 15 is 0 Å². The highest BCUT2D eigenvalue weighted by atomic mass is 19.3. The molecule has 1 aliphatic carbocycles. The molecule has 0 aromatic heterocycles. The molecule has 2 amide bonds. The fourth-order valence-electron chi connectivity index (χ4n) is 2.62. The molecule has 3 rings (SSSR count). The lowest BCUT2D eigenvalue weighted by molar-refractivity contribution is -0.156. The minimum absolute atomic E-state index is 0.0320. The van der Waals surface area contributed by atoms with E-state index in [1.165, 1.54) is 0 Å². The Bertz CT molecular complexity index is 394. The molecule has 102 valence electrons. The van der Waals surface area contributed by atoms with Crippen molar-refractivity contribution in [3.63, 3.8) is 0 Å². The maximum absolute atomic E-state index is 14.0. The van der Waals surface area contributed by atoms with Crippen molar-refractivity contribution in [2.75, 3.05) is 13.1 Å². The van der Waals surface area contributed by atoms with Gasteiger partial charge in [0.15, 0.2) is 6.10 Å². The van der Waals surface area contributed by atoms with Crippen molar-refractivity contribution in [1.29, 1.82) is 0 Å². The topological polar surface area (TPSA) is 82.0 Å². The highest BCUT2D eigenvalue weighted by Gasteiger charge is 2.77. The molecule has 18 heavy (non-hydrogen) atoms. The fourth-order valence-corrected chi connectivity index (χ4v) is 2.62. The van der Waals surface area contributed by atoms with Gasteiger partial charge in [-0.05, 0) is 6.42 Å². The van der Waals surface area contributed by atoms with Crippen molar-refractivity contribution >= 4 is 6.03 Å². The zero-order chi connectivity index (χ0) is 13.1. The molecule has 2 unspecified atom stereocenters. The lowest BCUT2D eigenvalue weighted by Crippen LogP contribution is -2.57. The lowest BCUT2D eigenvalue weighted by atomic mass is 10.1. The average molecular weight is 264 g/mol. The second-order valence-electron chi connectivity index (χ2n) is 5.00. The number of hydrogen-bond donors (Lipinski definition) is 3. The number of amides is 2. The van der Waals surface area contributed by atoms with E-state index < -0.39 is 36.0 Å². The molecule has 1 saturated carbocycles. The summed E-state index contributed by atoms with van der Waals surface area (Å²) in [6, 6.07) is -0.634. The Labute approximate surface area is 102 Å². The first kappa shape index (κ1) is 12.1. The highest BCUT2D eigenvalue weighted by molar-refractivity contribution is 5.75. The number of halogens is 2. The molecule has 1 spiro atoms. The van der Waals surface area contributed by atoms with Crippen LogP contribution >= 0.6 is 0 Å². The number of rotatable bonds is 1. The summed E-state index contributed by atoms with van der Waals surface area (Å²) >= 11 is 0. The SMILES string of the molecule is O=C1NCCCN1[C@@H]1OC2(CC2O)[C@@H](O)C1(F)F. The van der Waals surface area contributed by atoms with E-state index in [1.54, 1.807) is 0 Å². The summed E-state index contributed by atoms with van der Waals surface area (Å²) in [6.07, 6.45) is -4.50. The van der Waals surface area contributed by atoms with Gasteiger partial charge < -0.3 is 20.3 Å². The molecule has 0 bridgehead atoms. The average Bonchev–Trinajstić information content (AvgIpc) is 2.92. The van der Waals surface area contributed by atoms with E-state index in [9.17, 15) is 23.8 Å². The number of ether oxygens (including phenoxy) is 1. The third-order valence-electron chi connectivity index (χ3n) is 3.80. The number of urea groups is 1. The van der Waals surface area contributed by atoms with Crippen molar-refractivity contribution in [3.8, 4) is 0 Å². The number of carbonyl (C=O) groups is 1. The van der Waals surface area contributed by atoms with Crippen LogP contribution in [0.5, 0.6) is 0 Å². The van der Waals surface area contributed by atoms with Crippen LogP contribution in [0.2, 0.25) is 0 Å². The van der Waals surface area contributed by atoms with Gasteiger partial charge in [-0.15, -0.1) is 0 Å². The van der Waals surface area contributed by atoms with Crippen LogP contribution in [0, 0.1) is 0 Å². The van der Waals surface area contributed by atoms with Crippen molar-refractivity contribution in [1.82, 2.24) is 10.2 Å². The quantitative estimate of drug-likeness (QED) is 0.582. The number of aliphatic hydroxyl groups is 2. The molecular weight excluding hydrogens is 250 g/mol. The number of nitrogens with one attached hydrogen (secondary N) is 1. The summed E-state index contributed by atoms with van der Waals surface area (Å²) in [7, 11) is 0. The van der Waals surface area contributed by atoms with Crippen LogP contribution < -0.4 is 5.32 Å². The van der Waals surface area contributed by atoms with Crippen LogP contribution in [0.15, 0.2) is 0 Å². The maximum Gasteiger partial charge on any atom is 0.320 e. The predicted molar refractivity (Wildman–Crippen MR) is 53.9 cm³/mol. The lowest BCUT2D eigenvalue weighted by Gasteiger charge is -2.34. The van der Waals surface area contributed by atoms with Crippen molar-refractivity contribution < 1.29 is 28.5 Å². The highest BCUT2D eigenvalue weighted by Crippen LogP contribution is 2.56. The van der Waals surface area contributed by atoms with Crippen LogP contribution in [0.25, 0.3) is 0 Å². The third kappa shape index (κ3) is 1.39. The standard InChI is InChI=1S/C10H14F2N2O4/c11-10(12)6(16)9(4-5(9)15)18-7(10)14-3-1-2-13-8(14)17/h5-7,15-16H,1-4H2,(H,13,17)/t5?,6-,7-,9?/m1/s1. The molecule has 4 atom stereocenters. The number of carbonyl (C=O) groups excluding carboxylic acids is 1. The Kier molecular flexibility index (Phi) is 2.36. The van der Waals surface area contributed by atoms with Gasteiger partial charge in [-0.25, -0.2) is 4.79 Å². The Balaban J connectivity index is 1.86. The second kappa shape index (κ2) is 3.52. The van der Waals surface area contributed by atoms with Gasteiger partial charge in [-0.3, -0.25) is 4.90 Å². The predicted octanol–water partition coefficient (Wildman–Crippen LogP) is -0.742. The first-order chi connectivity index (χ1) is 8.39. The molecule has 6 nitrogen and oxygen atoms in total. The summed E-state index contributed by atoms with van der Waals surface area (Å²) in [4.78, 5) is 12.4. The van der Waals surface area contributed by atoms with Gasteiger partial charge in [-0.1, -0.05) is 0 Å². The van der Waals surface area contributed by atoms with Crippen LogP contribution in [0.3, 0.4) is 0 Å². The van der Waals surface area contributed by atoms with Gasteiger partial charge in [-0.2, -0.15) is 8.78 Å². The number of aliphatic hydroxyl groups excluding tert-OH is 2. The molecule has 8 heteroatoms. The molecule has 3 fully saturated rings. The molecule has 2 heterocycles. The molecule has 0 aromatic rings. The van der Waals surface area contributed by atoms with Crippen LogP contribution in [-0.4, -0.2) is 64.2 Å². The number of nitrogens with zero attached hydrogens (tertiary/aromatic N) is 1.